The van der Waals surface area contributed by atoms with Gasteiger partial charge in [0, 0.05) is 6.07 Å². The van der Waals surface area contributed by atoms with Crippen LogP contribution >= 0.6 is 27.3 Å². The van der Waals surface area contributed by atoms with Gasteiger partial charge in [0.15, 0.2) is 0 Å². The minimum Gasteiger partial charge on any atom is -0.492 e. The van der Waals surface area contributed by atoms with Crippen LogP contribution in [0.3, 0.4) is 0 Å². The van der Waals surface area contributed by atoms with Gasteiger partial charge in [-0.25, -0.2) is 12.8 Å². The lowest BCUT2D eigenvalue weighted by atomic mass is 10.3. The number of ether oxygens (including phenoxy) is 1. The zero-order valence-corrected chi connectivity index (χ0v) is 14.5. The van der Waals surface area contributed by atoms with Crippen LogP contribution in [0.5, 0.6) is 5.75 Å². The summed E-state index contributed by atoms with van der Waals surface area (Å²) >= 11 is 4.41. The third-order valence-electron chi connectivity index (χ3n) is 2.59. The number of sulfonamides is 1. The summed E-state index contributed by atoms with van der Waals surface area (Å²) in [6, 6.07) is 5.24. The molecule has 1 aromatic carbocycles. The molecule has 0 bridgehead atoms. The molecule has 0 aliphatic carbocycles. The molecule has 1 heterocycles. The van der Waals surface area contributed by atoms with Gasteiger partial charge in [-0.15, -0.1) is 11.3 Å². The van der Waals surface area contributed by atoms with Gasteiger partial charge in [-0.1, -0.05) is 0 Å². The summed E-state index contributed by atoms with van der Waals surface area (Å²) in [4.78, 5) is 0. The number of hydrogen-bond acceptors (Lipinski definition) is 4. The first-order valence-electron chi connectivity index (χ1n) is 6.04. The van der Waals surface area contributed by atoms with E-state index in [1.54, 1.807) is 13.0 Å². The summed E-state index contributed by atoms with van der Waals surface area (Å²) in [6.07, 6.45) is 0. The molecule has 0 aliphatic rings. The van der Waals surface area contributed by atoms with E-state index in [1.807, 2.05) is 6.92 Å². The van der Waals surface area contributed by atoms with Crippen LogP contribution in [0.1, 0.15) is 12.5 Å². The van der Waals surface area contributed by atoms with Crippen LogP contribution in [0.25, 0.3) is 0 Å². The van der Waals surface area contributed by atoms with E-state index in [0.717, 1.165) is 26.8 Å². The Morgan fingerprint density at radius 1 is 1.38 bits per heavy atom. The van der Waals surface area contributed by atoms with E-state index in [0.29, 0.717) is 6.61 Å². The summed E-state index contributed by atoms with van der Waals surface area (Å²) < 4.78 is 46.5. The maximum atomic E-state index is 13.2. The Kier molecular flexibility index (Phi) is 4.90. The van der Waals surface area contributed by atoms with Crippen molar-refractivity contribution < 1.29 is 17.5 Å². The molecule has 4 nitrogen and oxygen atoms in total. The van der Waals surface area contributed by atoms with Gasteiger partial charge in [-0.2, -0.15) is 0 Å². The van der Waals surface area contributed by atoms with Crippen LogP contribution in [-0.2, 0) is 10.0 Å². The number of anilines is 1. The first-order valence-corrected chi connectivity index (χ1v) is 9.14. The van der Waals surface area contributed by atoms with Gasteiger partial charge in [-0.3, -0.25) is 4.72 Å². The van der Waals surface area contributed by atoms with E-state index in [1.165, 1.54) is 12.1 Å². The molecule has 21 heavy (non-hydrogen) atoms. The number of aryl methyl sites for hydroxylation is 1. The standard InChI is InChI=1S/C13H13BrFNO3S2/c1-3-19-11-7-9(15)4-5-10(11)16-21(17,18)12-6-8(2)13(14)20-12/h4-7,16H,3H2,1-2H3. The fraction of sp³-hybridized carbons (Fsp3) is 0.231. The number of thiophene rings is 1. The number of nitrogens with one attached hydrogen (secondary N) is 1. The third kappa shape index (κ3) is 3.75. The van der Waals surface area contributed by atoms with Crippen molar-refractivity contribution in [3.8, 4) is 5.75 Å². The fourth-order valence-electron chi connectivity index (χ4n) is 1.61. The van der Waals surface area contributed by atoms with Crippen LogP contribution in [0, 0.1) is 12.7 Å². The van der Waals surface area contributed by atoms with E-state index >= 15 is 0 Å². The monoisotopic (exact) mass is 393 g/mol. The van der Waals surface area contributed by atoms with E-state index in [9.17, 15) is 12.8 Å². The highest BCUT2D eigenvalue weighted by Crippen LogP contribution is 2.33. The molecule has 2 aromatic rings. The SMILES string of the molecule is CCOc1cc(F)ccc1NS(=O)(=O)c1cc(C)c(Br)s1. The Balaban J connectivity index is 2.36. The Morgan fingerprint density at radius 2 is 2.10 bits per heavy atom. The van der Waals surface area contributed by atoms with E-state index in [2.05, 4.69) is 20.7 Å². The quantitative estimate of drug-likeness (QED) is 0.829. The highest BCUT2D eigenvalue weighted by Gasteiger charge is 2.20. The van der Waals surface area contributed by atoms with Crippen molar-refractivity contribution in [1.29, 1.82) is 0 Å². The molecular formula is C13H13BrFNO3S2. The molecule has 8 heteroatoms. The zero-order chi connectivity index (χ0) is 15.6. The van der Waals surface area contributed by atoms with Gasteiger partial charge in [0.25, 0.3) is 10.0 Å². The fourth-order valence-corrected chi connectivity index (χ4v) is 4.91. The second-order valence-electron chi connectivity index (χ2n) is 4.20. The lowest BCUT2D eigenvalue weighted by molar-refractivity contribution is 0.340. The molecule has 0 amide bonds. The Hall–Kier alpha value is -1.12. The molecule has 0 unspecified atom stereocenters. The lowest BCUT2D eigenvalue weighted by Crippen LogP contribution is -2.12. The minimum absolute atomic E-state index is 0.161. The Bertz CT molecular complexity index is 739. The van der Waals surface area contributed by atoms with Crippen LogP contribution in [0.2, 0.25) is 0 Å². The highest BCUT2D eigenvalue weighted by molar-refractivity contribution is 9.11. The van der Waals surface area contributed by atoms with Crippen molar-refractivity contribution in [3.05, 3.63) is 39.4 Å². The number of benzene rings is 1. The van der Waals surface area contributed by atoms with E-state index in [-0.39, 0.29) is 15.6 Å². The zero-order valence-electron chi connectivity index (χ0n) is 11.3. The van der Waals surface area contributed by atoms with Crippen LogP contribution in [0.15, 0.2) is 32.3 Å². The summed E-state index contributed by atoms with van der Waals surface area (Å²) in [5, 5.41) is 0. The molecule has 1 N–H and O–H groups in total. The predicted octanol–water partition coefficient (Wildman–Crippen LogP) is 4.16. The predicted molar refractivity (Wildman–Crippen MR) is 85.1 cm³/mol. The van der Waals surface area contributed by atoms with Gasteiger partial charge in [0.05, 0.1) is 16.1 Å². The molecule has 0 saturated heterocycles. The topological polar surface area (TPSA) is 55.4 Å². The van der Waals surface area contributed by atoms with Gasteiger partial charge < -0.3 is 4.74 Å². The number of halogens is 2. The largest absolute Gasteiger partial charge is 0.492 e. The van der Waals surface area contributed by atoms with Crippen LogP contribution in [-0.4, -0.2) is 15.0 Å². The molecule has 0 saturated carbocycles. The molecule has 0 spiro atoms. The first kappa shape index (κ1) is 16.3. The van der Waals surface area contributed by atoms with Crippen molar-refractivity contribution in [2.24, 2.45) is 0 Å². The number of rotatable bonds is 5. The molecular weight excluding hydrogens is 381 g/mol. The van der Waals surface area contributed by atoms with E-state index in [4.69, 9.17) is 4.74 Å². The smallest absolute Gasteiger partial charge is 0.271 e. The molecule has 0 aliphatic heterocycles. The second-order valence-corrected chi connectivity index (χ2v) is 8.48. The molecule has 114 valence electrons. The number of hydrogen-bond donors (Lipinski definition) is 1. The summed E-state index contributed by atoms with van der Waals surface area (Å²) in [6.45, 7) is 3.86. The van der Waals surface area contributed by atoms with Crippen LogP contribution in [0.4, 0.5) is 10.1 Å². The van der Waals surface area contributed by atoms with Gasteiger partial charge in [-0.05, 0) is 53.5 Å². The van der Waals surface area contributed by atoms with Crippen molar-refractivity contribution in [3.63, 3.8) is 0 Å². The highest BCUT2D eigenvalue weighted by atomic mass is 79.9. The lowest BCUT2D eigenvalue weighted by Gasteiger charge is -2.12. The summed E-state index contributed by atoms with van der Waals surface area (Å²) in [7, 11) is -3.73. The van der Waals surface area contributed by atoms with Crippen molar-refractivity contribution in [2.45, 2.75) is 18.1 Å². The second kappa shape index (κ2) is 6.33. The average molecular weight is 394 g/mol. The first-order chi connectivity index (χ1) is 9.83. The van der Waals surface area contributed by atoms with E-state index < -0.39 is 15.8 Å². The van der Waals surface area contributed by atoms with Crippen LogP contribution < -0.4 is 9.46 Å². The summed E-state index contributed by atoms with van der Waals surface area (Å²) in [5.74, 6) is -0.329. The normalized spacial score (nSPS) is 11.4. The van der Waals surface area contributed by atoms with Gasteiger partial charge in [0.1, 0.15) is 15.8 Å². The van der Waals surface area contributed by atoms with Crippen molar-refractivity contribution >= 4 is 43.0 Å². The maximum Gasteiger partial charge on any atom is 0.271 e. The third-order valence-corrected chi connectivity index (χ3v) is 6.56. The molecule has 0 fully saturated rings. The van der Waals surface area contributed by atoms with Gasteiger partial charge in [0.2, 0.25) is 0 Å². The Morgan fingerprint density at radius 3 is 2.67 bits per heavy atom. The minimum atomic E-state index is -3.73. The average Bonchev–Trinajstić information content (AvgIpc) is 2.74. The maximum absolute atomic E-state index is 13.2. The van der Waals surface area contributed by atoms with Crippen molar-refractivity contribution in [2.75, 3.05) is 11.3 Å². The molecule has 2 rings (SSSR count). The van der Waals surface area contributed by atoms with Crippen molar-refractivity contribution in [1.82, 2.24) is 0 Å². The molecule has 0 radical (unpaired) electrons. The Labute approximate surface area is 135 Å². The molecule has 0 atom stereocenters. The molecule has 1 aromatic heterocycles. The van der Waals surface area contributed by atoms with Gasteiger partial charge >= 0.3 is 0 Å². The summed E-state index contributed by atoms with van der Waals surface area (Å²) in [5.41, 5.74) is 1.05.